The Morgan fingerprint density at radius 3 is 2.73 bits per heavy atom. The molecule has 0 spiro atoms. The van der Waals surface area contributed by atoms with Crippen LogP contribution in [0.25, 0.3) is 0 Å². The molecular formula is C8H13F3N2O2. The van der Waals surface area contributed by atoms with E-state index in [4.69, 9.17) is 4.74 Å². The van der Waals surface area contributed by atoms with Crippen LogP contribution in [0.4, 0.5) is 13.2 Å². The van der Waals surface area contributed by atoms with E-state index < -0.39 is 24.6 Å². The topological polar surface area (TPSA) is 53.9 Å². The Hall–Kier alpha value is -0.820. The third-order valence-electron chi connectivity index (χ3n) is 2.02. The van der Waals surface area contributed by atoms with Gasteiger partial charge in [0, 0.05) is 6.61 Å². The van der Waals surface area contributed by atoms with Gasteiger partial charge in [-0.3, -0.25) is 0 Å². The molecule has 88 valence electrons. The Balaban J connectivity index is 2.84. The van der Waals surface area contributed by atoms with Crippen molar-refractivity contribution in [2.24, 2.45) is 4.99 Å². The SMILES string of the molecule is CCOC1CC(O)(C(F)(F)F)NC(C)=N1. The van der Waals surface area contributed by atoms with Gasteiger partial charge in [-0.25, -0.2) is 4.99 Å². The molecule has 4 nitrogen and oxygen atoms in total. The quantitative estimate of drug-likeness (QED) is 0.738. The van der Waals surface area contributed by atoms with Crippen LogP contribution in [0.1, 0.15) is 20.3 Å². The van der Waals surface area contributed by atoms with Crippen LogP contribution in [0.3, 0.4) is 0 Å². The highest BCUT2D eigenvalue weighted by atomic mass is 19.4. The minimum Gasteiger partial charge on any atom is -0.363 e. The molecule has 0 aromatic carbocycles. The second-order valence-electron chi connectivity index (χ2n) is 3.31. The number of aliphatic hydroxyl groups is 1. The molecule has 0 saturated heterocycles. The standard InChI is InChI=1S/C8H13F3N2O2/c1-3-15-6-4-7(14,8(9,10)11)13-5(2)12-6/h6,14H,3-4H2,1-2H3,(H,12,13). The monoisotopic (exact) mass is 226 g/mol. The van der Waals surface area contributed by atoms with Crippen LogP contribution in [0.15, 0.2) is 4.99 Å². The summed E-state index contributed by atoms with van der Waals surface area (Å²) >= 11 is 0. The summed E-state index contributed by atoms with van der Waals surface area (Å²) in [6, 6.07) is 0. The zero-order valence-electron chi connectivity index (χ0n) is 8.43. The van der Waals surface area contributed by atoms with Gasteiger partial charge in [-0.05, 0) is 13.8 Å². The number of alkyl halides is 3. The fourth-order valence-electron chi connectivity index (χ4n) is 1.37. The molecule has 0 aromatic heterocycles. The predicted molar refractivity (Wildman–Crippen MR) is 47.3 cm³/mol. The highest BCUT2D eigenvalue weighted by Gasteiger charge is 2.56. The molecule has 0 aliphatic carbocycles. The first kappa shape index (κ1) is 12.3. The van der Waals surface area contributed by atoms with E-state index in [1.165, 1.54) is 6.92 Å². The van der Waals surface area contributed by atoms with E-state index in [-0.39, 0.29) is 12.4 Å². The molecule has 7 heteroatoms. The summed E-state index contributed by atoms with van der Waals surface area (Å²) in [4.78, 5) is 3.80. The lowest BCUT2D eigenvalue weighted by Crippen LogP contribution is -2.62. The Morgan fingerprint density at radius 2 is 2.27 bits per heavy atom. The molecule has 2 unspecified atom stereocenters. The maximum Gasteiger partial charge on any atom is 0.436 e. The number of rotatable bonds is 2. The average Bonchev–Trinajstić information content (AvgIpc) is 2.00. The largest absolute Gasteiger partial charge is 0.436 e. The normalized spacial score (nSPS) is 32.1. The van der Waals surface area contributed by atoms with Gasteiger partial charge in [0.15, 0.2) is 6.23 Å². The second kappa shape index (κ2) is 3.97. The lowest BCUT2D eigenvalue weighted by atomic mass is 10.1. The van der Waals surface area contributed by atoms with Gasteiger partial charge < -0.3 is 15.2 Å². The molecule has 1 aliphatic rings. The lowest BCUT2D eigenvalue weighted by molar-refractivity contribution is -0.278. The molecule has 0 radical (unpaired) electrons. The summed E-state index contributed by atoms with van der Waals surface area (Å²) in [5, 5.41) is 11.3. The Morgan fingerprint density at radius 1 is 1.67 bits per heavy atom. The third kappa shape index (κ3) is 2.60. The van der Waals surface area contributed by atoms with Crippen LogP contribution in [0.2, 0.25) is 0 Å². The van der Waals surface area contributed by atoms with Crippen molar-refractivity contribution in [2.75, 3.05) is 6.61 Å². The minimum atomic E-state index is -4.75. The van der Waals surface area contributed by atoms with E-state index >= 15 is 0 Å². The molecule has 15 heavy (non-hydrogen) atoms. The van der Waals surface area contributed by atoms with Gasteiger partial charge in [0.05, 0.1) is 12.3 Å². The van der Waals surface area contributed by atoms with E-state index in [1.807, 2.05) is 5.32 Å². The van der Waals surface area contributed by atoms with Crippen molar-refractivity contribution in [3.05, 3.63) is 0 Å². The van der Waals surface area contributed by atoms with E-state index in [1.54, 1.807) is 6.92 Å². The summed E-state index contributed by atoms with van der Waals surface area (Å²) in [5.74, 6) is 0.0134. The lowest BCUT2D eigenvalue weighted by Gasteiger charge is -2.37. The predicted octanol–water partition coefficient (Wildman–Crippen LogP) is 1.01. The number of hydrogen-bond acceptors (Lipinski definition) is 4. The Kier molecular flexibility index (Phi) is 3.25. The maximum atomic E-state index is 12.5. The number of halogens is 3. The average molecular weight is 226 g/mol. The summed E-state index contributed by atoms with van der Waals surface area (Å²) in [6.07, 6.45) is -6.34. The number of nitrogens with one attached hydrogen (secondary N) is 1. The zero-order valence-corrected chi connectivity index (χ0v) is 8.43. The first-order valence-corrected chi connectivity index (χ1v) is 4.52. The fraction of sp³-hybridized carbons (Fsp3) is 0.875. The van der Waals surface area contributed by atoms with Crippen LogP contribution in [-0.4, -0.2) is 35.7 Å². The second-order valence-corrected chi connectivity index (χ2v) is 3.31. The first-order valence-electron chi connectivity index (χ1n) is 4.52. The molecular weight excluding hydrogens is 213 g/mol. The van der Waals surface area contributed by atoms with E-state index in [0.717, 1.165) is 0 Å². The van der Waals surface area contributed by atoms with Gasteiger partial charge in [-0.2, -0.15) is 13.2 Å². The molecule has 2 atom stereocenters. The molecule has 2 N–H and O–H groups in total. The van der Waals surface area contributed by atoms with Crippen molar-refractivity contribution in [2.45, 2.75) is 38.4 Å². The molecule has 0 saturated carbocycles. The maximum absolute atomic E-state index is 12.5. The molecule has 0 fully saturated rings. The van der Waals surface area contributed by atoms with E-state index in [0.29, 0.717) is 0 Å². The van der Waals surface area contributed by atoms with E-state index in [9.17, 15) is 18.3 Å². The van der Waals surface area contributed by atoms with Crippen LogP contribution in [0.5, 0.6) is 0 Å². The highest BCUT2D eigenvalue weighted by molar-refractivity contribution is 5.81. The van der Waals surface area contributed by atoms with Crippen molar-refractivity contribution in [1.82, 2.24) is 5.32 Å². The third-order valence-corrected chi connectivity index (χ3v) is 2.02. The van der Waals surface area contributed by atoms with Crippen molar-refractivity contribution in [3.63, 3.8) is 0 Å². The van der Waals surface area contributed by atoms with Crippen LogP contribution in [-0.2, 0) is 4.74 Å². The molecule has 1 aliphatic heterocycles. The first-order chi connectivity index (χ1) is 6.78. The number of aliphatic imine (C=N–C) groups is 1. The number of amidine groups is 1. The number of ether oxygens (including phenoxy) is 1. The van der Waals surface area contributed by atoms with Gasteiger partial charge in [0.2, 0.25) is 5.72 Å². The molecule has 0 bridgehead atoms. The molecule has 1 rings (SSSR count). The summed E-state index contributed by atoms with van der Waals surface area (Å²) in [5.41, 5.74) is -2.95. The van der Waals surface area contributed by atoms with Gasteiger partial charge in [0.1, 0.15) is 0 Å². The number of hydrogen-bond donors (Lipinski definition) is 2. The van der Waals surface area contributed by atoms with Gasteiger partial charge in [0.25, 0.3) is 0 Å². The van der Waals surface area contributed by atoms with E-state index in [2.05, 4.69) is 4.99 Å². The van der Waals surface area contributed by atoms with Gasteiger partial charge in [-0.1, -0.05) is 0 Å². The highest BCUT2D eigenvalue weighted by Crippen LogP contribution is 2.34. The fourth-order valence-corrected chi connectivity index (χ4v) is 1.37. The van der Waals surface area contributed by atoms with Crippen LogP contribution < -0.4 is 5.32 Å². The van der Waals surface area contributed by atoms with Crippen LogP contribution in [0, 0.1) is 0 Å². The summed E-state index contributed by atoms with van der Waals surface area (Å²) in [6.45, 7) is 3.25. The zero-order chi connectivity index (χ0) is 11.7. The molecule has 1 heterocycles. The van der Waals surface area contributed by atoms with Crippen molar-refractivity contribution >= 4 is 5.84 Å². The minimum absolute atomic E-state index is 0.0134. The van der Waals surface area contributed by atoms with Crippen molar-refractivity contribution in [3.8, 4) is 0 Å². The summed E-state index contributed by atoms with van der Waals surface area (Å²) < 4.78 is 42.4. The van der Waals surface area contributed by atoms with Gasteiger partial charge >= 0.3 is 6.18 Å². The molecule has 0 aromatic rings. The summed E-state index contributed by atoms with van der Waals surface area (Å²) in [7, 11) is 0. The van der Waals surface area contributed by atoms with Crippen molar-refractivity contribution < 1.29 is 23.0 Å². The smallest absolute Gasteiger partial charge is 0.363 e. The number of nitrogens with zero attached hydrogens (tertiary/aromatic N) is 1. The van der Waals surface area contributed by atoms with Gasteiger partial charge in [-0.15, -0.1) is 0 Å². The molecule has 0 amide bonds. The van der Waals surface area contributed by atoms with Crippen molar-refractivity contribution in [1.29, 1.82) is 0 Å². The Bertz CT molecular complexity index is 267. The van der Waals surface area contributed by atoms with Crippen LogP contribution >= 0.6 is 0 Å². The Labute approximate surface area is 85.1 Å².